The molecule has 0 aliphatic carbocycles. The molecule has 0 amide bonds. The highest BCUT2D eigenvalue weighted by Gasteiger charge is 2.00. The molecule has 0 fully saturated rings. The van der Waals surface area contributed by atoms with Crippen LogP contribution in [-0.4, -0.2) is 11.7 Å². The zero-order chi connectivity index (χ0) is 14.9. The molecule has 0 aromatic heterocycles. The van der Waals surface area contributed by atoms with Crippen LogP contribution in [0, 0.1) is 11.8 Å². The van der Waals surface area contributed by atoms with Gasteiger partial charge < -0.3 is 9.84 Å². The third-order valence-electron chi connectivity index (χ3n) is 2.92. The lowest BCUT2D eigenvalue weighted by molar-refractivity contribution is 0.107. The van der Waals surface area contributed by atoms with Gasteiger partial charge in [0.05, 0.1) is 19.8 Å². The maximum atomic E-state index is 8.76. The monoisotopic (exact) mass is 300 g/mol. The first kappa shape index (κ1) is 15.6. The summed E-state index contributed by atoms with van der Waals surface area (Å²) in [6.45, 7) is 1.13. The first-order chi connectivity index (χ1) is 10.3. The van der Waals surface area contributed by atoms with Crippen molar-refractivity contribution in [3.8, 4) is 11.8 Å². The van der Waals surface area contributed by atoms with E-state index < -0.39 is 0 Å². The van der Waals surface area contributed by atoms with Crippen molar-refractivity contribution >= 4 is 11.6 Å². The number of aliphatic hydroxyl groups is 1. The number of aliphatic hydroxyl groups excluding tert-OH is 1. The Morgan fingerprint density at radius 2 is 1.76 bits per heavy atom. The van der Waals surface area contributed by atoms with Gasteiger partial charge in [-0.1, -0.05) is 53.8 Å². The van der Waals surface area contributed by atoms with Crippen LogP contribution in [0.3, 0.4) is 0 Å². The summed E-state index contributed by atoms with van der Waals surface area (Å²) in [7, 11) is 0. The summed E-state index contributed by atoms with van der Waals surface area (Å²) in [5.41, 5.74) is 3.09. The Kier molecular flexibility index (Phi) is 6.30. The summed E-state index contributed by atoms with van der Waals surface area (Å²) in [6, 6.07) is 15.5. The van der Waals surface area contributed by atoms with Crippen LogP contribution < -0.4 is 0 Å². The number of hydrogen-bond acceptors (Lipinski definition) is 2. The van der Waals surface area contributed by atoms with Crippen LogP contribution in [0.25, 0.3) is 0 Å². The molecule has 21 heavy (non-hydrogen) atoms. The van der Waals surface area contributed by atoms with E-state index in [2.05, 4.69) is 11.8 Å². The Morgan fingerprint density at radius 1 is 1.00 bits per heavy atom. The van der Waals surface area contributed by atoms with E-state index in [-0.39, 0.29) is 6.61 Å². The van der Waals surface area contributed by atoms with Gasteiger partial charge in [-0.25, -0.2) is 0 Å². The van der Waals surface area contributed by atoms with Crippen molar-refractivity contribution in [3.05, 3.63) is 70.2 Å². The molecular weight excluding hydrogens is 284 g/mol. The molecule has 2 nitrogen and oxygen atoms in total. The number of halogens is 1. The maximum Gasteiger partial charge on any atom is 0.0733 e. The van der Waals surface area contributed by atoms with Gasteiger partial charge in [0.2, 0.25) is 0 Å². The predicted octanol–water partition coefficient (Wildman–Crippen LogP) is 3.79. The van der Waals surface area contributed by atoms with E-state index in [1.807, 2.05) is 48.5 Å². The van der Waals surface area contributed by atoms with Crippen LogP contribution in [0.2, 0.25) is 5.02 Å². The van der Waals surface area contributed by atoms with Gasteiger partial charge in [-0.05, 0) is 29.3 Å². The fourth-order valence-electron chi connectivity index (χ4n) is 1.84. The lowest BCUT2D eigenvalue weighted by atomic mass is 10.1. The Balaban J connectivity index is 1.94. The van der Waals surface area contributed by atoms with Gasteiger partial charge in [-0.3, -0.25) is 0 Å². The maximum absolute atomic E-state index is 8.76. The third-order valence-corrected chi connectivity index (χ3v) is 3.17. The van der Waals surface area contributed by atoms with Crippen LogP contribution in [0.5, 0.6) is 0 Å². The smallest absolute Gasteiger partial charge is 0.0733 e. The van der Waals surface area contributed by atoms with Gasteiger partial charge in [0.25, 0.3) is 0 Å². The number of hydrogen-bond donors (Lipinski definition) is 1. The van der Waals surface area contributed by atoms with Crippen molar-refractivity contribution < 1.29 is 9.84 Å². The summed E-state index contributed by atoms with van der Waals surface area (Å²) >= 11 is 5.85. The van der Waals surface area contributed by atoms with Crippen LogP contribution in [-0.2, 0) is 18.0 Å². The van der Waals surface area contributed by atoms with Crippen LogP contribution in [0.1, 0.15) is 23.1 Å². The van der Waals surface area contributed by atoms with Gasteiger partial charge in [-0.2, -0.15) is 0 Å². The van der Waals surface area contributed by atoms with E-state index in [0.29, 0.717) is 19.6 Å². The fraction of sp³-hybridized carbons (Fsp3) is 0.222. The average Bonchev–Trinajstić information content (AvgIpc) is 2.51. The molecule has 0 saturated carbocycles. The average molecular weight is 301 g/mol. The van der Waals surface area contributed by atoms with Gasteiger partial charge in [-0.15, -0.1) is 0 Å². The standard InChI is InChI=1S/C18H17ClO2/c19-18-10-8-15(9-11-18)13-21-14-17-7-2-1-5-16(17)6-3-4-12-20/h1-2,5,7-11,20H,4,12-14H2. The SMILES string of the molecule is OCCC#Cc1ccccc1COCc1ccc(Cl)cc1. The molecular formula is C18H17ClO2. The van der Waals surface area contributed by atoms with E-state index in [0.717, 1.165) is 21.7 Å². The first-order valence-electron chi connectivity index (χ1n) is 6.79. The molecule has 0 saturated heterocycles. The van der Waals surface area contributed by atoms with Crippen molar-refractivity contribution in [1.29, 1.82) is 0 Å². The van der Waals surface area contributed by atoms with Crippen molar-refractivity contribution in [3.63, 3.8) is 0 Å². The van der Waals surface area contributed by atoms with E-state index >= 15 is 0 Å². The molecule has 0 aliphatic heterocycles. The number of ether oxygens (including phenoxy) is 1. The van der Waals surface area contributed by atoms with Crippen LogP contribution >= 0.6 is 11.6 Å². The molecule has 108 valence electrons. The number of rotatable bonds is 5. The second-order valence-corrected chi connectivity index (χ2v) is 4.99. The fourth-order valence-corrected chi connectivity index (χ4v) is 1.97. The lowest BCUT2D eigenvalue weighted by Gasteiger charge is -2.07. The van der Waals surface area contributed by atoms with Crippen LogP contribution in [0.4, 0.5) is 0 Å². The van der Waals surface area contributed by atoms with Gasteiger partial charge in [0.15, 0.2) is 0 Å². The summed E-state index contributed by atoms with van der Waals surface area (Å²) in [5.74, 6) is 6.00. The molecule has 0 unspecified atom stereocenters. The molecule has 2 rings (SSSR count). The van der Waals surface area contributed by atoms with E-state index in [4.69, 9.17) is 21.4 Å². The number of benzene rings is 2. The van der Waals surface area contributed by atoms with Crippen molar-refractivity contribution in [1.82, 2.24) is 0 Å². The highest BCUT2D eigenvalue weighted by molar-refractivity contribution is 6.30. The minimum absolute atomic E-state index is 0.0855. The Hall–Kier alpha value is -1.79. The van der Waals surface area contributed by atoms with Crippen molar-refractivity contribution in [2.75, 3.05) is 6.61 Å². The highest BCUT2D eigenvalue weighted by Crippen LogP contribution is 2.13. The molecule has 0 radical (unpaired) electrons. The Bertz CT molecular complexity index is 624. The lowest BCUT2D eigenvalue weighted by Crippen LogP contribution is -1.96. The van der Waals surface area contributed by atoms with Gasteiger partial charge in [0.1, 0.15) is 0 Å². The molecule has 2 aromatic rings. The zero-order valence-corrected chi connectivity index (χ0v) is 12.4. The highest BCUT2D eigenvalue weighted by atomic mass is 35.5. The van der Waals surface area contributed by atoms with Crippen molar-refractivity contribution in [2.24, 2.45) is 0 Å². The zero-order valence-electron chi connectivity index (χ0n) is 11.7. The minimum Gasteiger partial charge on any atom is -0.395 e. The Labute approximate surface area is 130 Å². The summed E-state index contributed by atoms with van der Waals surface area (Å²) in [6.07, 6.45) is 0.486. The van der Waals surface area contributed by atoms with Crippen LogP contribution in [0.15, 0.2) is 48.5 Å². The summed E-state index contributed by atoms with van der Waals surface area (Å²) < 4.78 is 5.73. The molecule has 0 spiro atoms. The first-order valence-corrected chi connectivity index (χ1v) is 7.17. The second kappa shape index (κ2) is 8.49. The van der Waals surface area contributed by atoms with Gasteiger partial charge in [0, 0.05) is 17.0 Å². The molecule has 1 N–H and O–H groups in total. The molecule has 3 heteroatoms. The summed E-state index contributed by atoms with van der Waals surface area (Å²) in [4.78, 5) is 0. The van der Waals surface area contributed by atoms with E-state index in [1.165, 1.54) is 0 Å². The molecule has 0 bridgehead atoms. The molecule has 0 heterocycles. The minimum atomic E-state index is 0.0855. The normalized spacial score (nSPS) is 10.0. The van der Waals surface area contributed by atoms with E-state index in [9.17, 15) is 0 Å². The topological polar surface area (TPSA) is 29.5 Å². The van der Waals surface area contributed by atoms with Gasteiger partial charge >= 0.3 is 0 Å². The predicted molar refractivity (Wildman–Crippen MR) is 85.0 cm³/mol. The quantitative estimate of drug-likeness (QED) is 0.851. The third kappa shape index (κ3) is 5.24. The largest absolute Gasteiger partial charge is 0.395 e. The molecule has 0 atom stereocenters. The Morgan fingerprint density at radius 3 is 2.52 bits per heavy atom. The second-order valence-electron chi connectivity index (χ2n) is 4.55. The molecule has 2 aromatic carbocycles. The molecule has 0 aliphatic rings. The van der Waals surface area contributed by atoms with Crippen molar-refractivity contribution in [2.45, 2.75) is 19.6 Å². The summed E-state index contributed by atoms with van der Waals surface area (Å²) in [5, 5.41) is 9.49. The van der Waals surface area contributed by atoms with E-state index in [1.54, 1.807) is 0 Å².